The maximum Gasteiger partial charge on any atom is 1.00 e. The van der Waals surface area contributed by atoms with Crippen LogP contribution in [-0.2, 0) is 9.53 Å². The number of esters is 1. The molecule has 1 fully saturated rings. The normalized spacial score (nSPS) is 25.1. The van der Waals surface area contributed by atoms with E-state index >= 15 is 0 Å². The molecule has 0 aromatic carbocycles. The molecule has 0 saturated heterocycles. The maximum absolute atomic E-state index is 11.9. The second-order valence-corrected chi connectivity index (χ2v) is 3.30. The summed E-state index contributed by atoms with van der Waals surface area (Å²) in [4.78, 5) is 10.9. The first-order valence-electron chi connectivity index (χ1n) is 4.31. The first-order chi connectivity index (χ1) is 5.94. The van der Waals surface area contributed by atoms with Gasteiger partial charge in [0.15, 0.2) is 0 Å². The summed E-state index contributed by atoms with van der Waals surface area (Å²) >= 11 is 0. The van der Waals surface area contributed by atoms with Crippen LogP contribution >= 0.6 is 0 Å². The number of ether oxygens (including phenoxy) is 1. The van der Waals surface area contributed by atoms with Crippen molar-refractivity contribution in [1.82, 2.24) is 0 Å². The van der Waals surface area contributed by atoms with Crippen molar-refractivity contribution >= 4 is 12.9 Å². The molecule has 0 amide bonds. The Morgan fingerprint density at radius 2 is 2.07 bits per heavy atom. The average Bonchev–Trinajstić information content (AvgIpc) is 2.64. The van der Waals surface area contributed by atoms with Gasteiger partial charge in [0, 0.05) is 0 Å². The molecule has 1 saturated carbocycles. The summed E-state index contributed by atoms with van der Waals surface area (Å²) in [5, 5.41) is 0. The van der Waals surface area contributed by atoms with E-state index in [1.54, 1.807) is 6.92 Å². The SMILES string of the molecule is CCOC(=O)C1CC1C[B-](F)(F)F.[K+]. The fourth-order valence-electron chi connectivity index (χ4n) is 1.39. The van der Waals surface area contributed by atoms with Crippen molar-refractivity contribution in [2.45, 2.75) is 19.7 Å². The van der Waals surface area contributed by atoms with E-state index in [0.717, 1.165) is 0 Å². The molecule has 2 unspecified atom stereocenters. The van der Waals surface area contributed by atoms with Gasteiger partial charge in [-0.1, -0.05) is 12.2 Å². The number of halogens is 3. The molecule has 2 atom stereocenters. The number of hydrogen-bond acceptors (Lipinski definition) is 2. The van der Waals surface area contributed by atoms with Gasteiger partial charge in [0.2, 0.25) is 0 Å². The number of carbonyl (C=O) groups excluding carboxylic acids is 1. The molecule has 1 aliphatic carbocycles. The Morgan fingerprint density at radius 3 is 2.50 bits per heavy atom. The Bertz CT molecular complexity index is 210. The Kier molecular flexibility index (Phi) is 6.29. The van der Waals surface area contributed by atoms with Crippen molar-refractivity contribution in [2.75, 3.05) is 6.61 Å². The smallest absolute Gasteiger partial charge is 0.466 e. The first kappa shape index (κ1) is 15.0. The van der Waals surface area contributed by atoms with Crippen molar-refractivity contribution in [3.63, 3.8) is 0 Å². The van der Waals surface area contributed by atoms with E-state index in [4.69, 9.17) is 0 Å². The summed E-state index contributed by atoms with van der Waals surface area (Å²) in [5.74, 6) is -1.49. The number of hydrogen-bond donors (Lipinski definition) is 0. The second-order valence-electron chi connectivity index (χ2n) is 3.30. The summed E-state index contributed by atoms with van der Waals surface area (Å²) in [6.07, 6.45) is -0.469. The van der Waals surface area contributed by atoms with Gasteiger partial charge in [0.05, 0.1) is 12.5 Å². The summed E-state index contributed by atoms with van der Waals surface area (Å²) < 4.78 is 40.2. The van der Waals surface area contributed by atoms with Gasteiger partial charge in [-0.15, -0.1) is 0 Å². The molecule has 0 aromatic rings. The van der Waals surface area contributed by atoms with Gasteiger partial charge in [-0.05, 0) is 13.3 Å². The topological polar surface area (TPSA) is 26.3 Å². The van der Waals surface area contributed by atoms with Crippen LogP contribution in [0.4, 0.5) is 12.9 Å². The van der Waals surface area contributed by atoms with E-state index in [1.807, 2.05) is 0 Å². The predicted octanol–water partition coefficient (Wildman–Crippen LogP) is -0.963. The zero-order valence-corrected chi connectivity index (χ0v) is 11.4. The van der Waals surface area contributed by atoms with Crippen LogP contribution in [0.25, 0.3) is 0 Å². The van der Waals surface area contributed by atoms with E-state index < -0.39 is 31.1 Å². The van der Waals surface area contributed by atoms with Gasteiger partial charge < -0.3 is 17.7 Å². The molecule has 0 radical (unpaired) electrons. The Labute approximate surface area is 123 Å². The van der Waals surface area contributed by atoms with Crippen LogP contribution in [-0.4, -0.2) is 19.6 Å². The van der Waals surface area contributed by atoms with Gasteiger partial charge in [-0.3, -0.25) is 4.79 Å². The van der Waals surface area contributed by atoms with E-state index in [0.29, 0.717) is 6.42 Å². The van der Waals surface area contributed by atoms with Crippen LogP contribution in [0.3, 0.4) is 0 Å². The average molecular weight is 234 g/mol. The molecule has 7 heteroatoms. The molecule has 0 aliphatic heterocycles. The standard InChI is InChI=1S/C7H11BF3O2.K/c1-2-13-7(12)6-3-5(6)4-8(9,10)11;/h5-6H,2-4H2,1H3;/q-1;+1. The van der Waals surface area contributed by atoms with Gasteiger partial charge in [-0.2, -0.15) is 0 Å². The first-order valence-corrected chi connectivity index (χ1v) is 4.31. The Balaban J connectivity index is 0.00000169. The summed E-state index contributed by atoms with van der Waals surface area (Å²) in [7, 11) is 0. The van der Waals surface area contributed by atoms with Crippen molar-refractivity contribution < 1.29 is 73.9 Å². The van der Waals surface area contributed by atoms with Crippen molar-refractivity contribution in [1.29, 1.82) is 0 Å². The third kappa shape index (κ3) is 5.16. The monoisotopic (exact) mass is 234 g/mol. The van der Waals surface area contributed by atoms with Gasteiger partial charge in [0.1, 0.15) is 0 Å². The molecule has 2 nitrogen and oxygen atoms in total. The molecule has 0 bridgehead atoms. The quantitative estimate of drug-likeness (QED) is 0.462. The van der Waals surface area contributed by atoms with Crippen LogP contribution in [0, 0.1) is 11.8 Å². The minimum absolute atomic E-state index is 0. The van der Waals surface area contributed by atoms with E-state index in [1.165, 1.54) is 0 Å². The maximum atomic E-state index is 11.9. The molecule has 0 spiro atoms. The van der Waals surface area contributed by atoms with E-state index in [-0.39, 0.29) is 58.0 Å². The largest absolute Gasteiger partial charge is 1.00 e. The van der Waals surface area contributed by atoms with Gasteiger partial charge >= 0.3 is 64.3 Å². The van der Waals surface area contributed by atoms with E-state index in [9.17, 15) is 17.7 Å². The summed E-state index contributed by atoms with van der Waals surface area (Å²) in [5.41, 5.74) is 0. The Hall–Kier alpha value is 0.961. The molecule has 0 aromatic heterocycles. The second kappa shape index (κ2) is 5.89. The molecule has 1 aliphatic rings. The summed E-state index contributed by atoms with van der Waals surface area (Å²) in [6.45, 7) is -2.88. The molecule has 0 N–H and O–H groups in total. The minimum Gasteiger partial charge on any atom is -0.466 e. The Morgan fingerprint density at radius 1 is 1.50 bits per heavy atom. The fraction of sp³-hybridized carbons (Fsp3) is 0.857. The zero-order valence-electron chi connectivity index (χ0n) is 8.30. The molecule has 0 heterocycles. The molecule has 76 valence electrons. The molecular weight excluding hydrogens is 223 g/mol. The van der Waals surface area contributed by atoms with Gasteiger partial charge in [-0.25, -0.2) is 0 Å². The van der Waals surface area contributed by atoms with Gasteiger partial charge in [0.25, 0.3) is 0 Å². The third-order valence-electron chi connectivity index (χ3n) is 2.08. The predicted molar refractivity (Wildman–Crippen MR) is 42.1 cm³/mol. The van der Waals surface area contributed by atoms with Crippen molar-refractivity contribution in [3.8, 4) is 0 Å². The molecule has 1 rings (SSSR count). The van der Waals surface area contributed by atoms with E-state index in [2.05, 4.69) is 4.74 Å². The van der Waals surface area contributed by atoms with Crippen molar-refractivity contribution in [2.24, 2.45) is 11.8 Å². The van der Waals surface area contributed by atoms with Crippen molar-refractivity contribution in [3.05, 3.63) is 0 Å². The number of carbonyl (C=O) groups is 1. The zero-order chi connectivity index (χ0) is 10.1. The summed E-state index contributed by atoms with van der Waals surface area (Å²) in [6, 6.07) is 0. The fourth-order valence-corrected chi connectivity index (χ4v) is 1.39. The van der Waals surface area contributed by atoms with Crippen LogP contribution in [0.1, 0.15) is 13.3 Å². The third-order valence-corrected chi connectivity index (χ3v) is 2.08. The van der Waals surface area contributed by atoms with Crippen LogP contribution < -0.4 is 51.4 Å². The van der Waals surface area contributed by atoms with Crippen LogP contribution in [0.5, 0.6) is 0 Å². The molecular formula is C7H11BF3KO2. The minimum atomic E-state index is -4.75. The molecule has 14 heavy (non-hydrogen) atoms. The van der Waals surface area contributed by atoms with Crippen LogP contribution in [0.15, 0.2) is 0 Å². The number of rotatable bonds is 4. The van der Waals surface area contributed by atoms with Crippen LogP contribution in [0.2, 0.25) is 6.32 Å².